The average molecular weight is 481 g/mol. The number of hydrogen-bond donors (Lipinski definition) is 6. The van der Waals surface area contributed by atoms with Crippen LogP contribution in [0.5, 0.6) is 0 Å². The molecule has 0 fully saturated rings. The number of carboxylic acids is 1. The van der Waals surface area contributed by atoms with Crippen molar-refractivity contribution in [1.82, 2.24) is 16.0 Å². The zero-order valence-electron chi connectivity index (χ0n) is 19.6. The lowest BCUT2D eigenvalue weighted by atomic mass is 10.0. The van der Waals surface area contributed by atoms with Gasteiger partial charge >= 0.3 is 5.97 Å². The molecule has 0 spiro atoms. The Labute approximate surface area is 200 Å². The number of aliphatic carboxylic acids is 1. The number of carbonyl (C=O) groups is 4. The fraction of sp³-hybridized carbons (Fsp3) is 0.565. The Bertz CT molecular complexity index is 803. The fourth-order valence-corrected chi connectivity index (χ4v) is 3.43. The fourth-order valence-electron chi connectivity index (χ4n) is 3.18. The van der Waals surface area contributed by atoms with Crippen LogP contribution in [0.25, 0.3) is 0 Å². The molecule has 0 aromatic heterocycles. The lowest BCUT2D eigenvalue weighted by Gasteiger charge is -2.26. The molecule has 3 amide bonds. The third-order valence-corrected chi connectivity index (χ3v) is 5.39. The summed E-state index contributed by atoms with van der Waals surface area (Å²) in [5.41, 5.74) is 6.94. The summed E-state index contributed by atoms with van der Waals surface area (Å²) >= 11 is 4.12. The van der Waals surface area contributed by atoms with Gasteiger partial charge in [0.25, 0.3) is 0 Å². The Morgan fingerprint density at radius 2 is 1.45 bits per heavy atom. The average Bonchev–Trinajstić information content (AvgIpc) is 2.74. The van der Waals surface area contributed by atoms with Gasteiger partial charge in [-0.05, 0) is 30.2 Å². The van der Waals surface area contributed by atoms with E-state index in [2.05, 4.69) is 28.6 Å². The lowest BCUT2D eigenvalue weighted by Crippen LogP contribution is -2.58. The molecular formula is C23H36N4O5S. The van der Waals surface area contributed by atoms with Crippen LogP contribution in [0.1, 0.15) is 39.7 Å². The van der Waals surface area contributed by atoms with Gasteiger partial charge in [-0.15, -0.1) is 0 Å². The molecule has 0 radical (unpaired) electrons. The highest BCUT2D eigenvalue weighted by Gasteiger charge is 2.31. The molecule has 9 nitrogen and oxygen atoms in total. The second-order valence-electron chi connectivity index (χ2n) is 8.80. The van der Waals surface area contributed by atoms with Gasteiger partial charge in [-0.2, -0.15) is 12.6 Å². The zero-order chi connectivity index (χ0) is 25.1. The monoisotopic (exact) mass is 480 g/mol. The number of amides is 3. The first-order valence-electron chi connectivity index (χ1n) is 11.0. The van der Waals surface area contributed by atoms with Crippen LogP contribution in [0.3, 0.4) is 0 Å². The minimum Gasteiger partial charge on any atom is -0.480 e. The van der Waals surface area contributed by atoms with Crippen LogP contribution in [0, 0.1) is 11.8 Å². The summed E-state index contributed by atoms with van der Waals surface area (Å²) in [7, 11) is 0. The standard InChI is InChI=1S/C23H36N4O5S/c1-13(2)10-17(25-20(28)16(24)11-15-8-6-5-7-9-15)21(29)26-18(12-33)22(30)27-19(14(3)4)23(31)32/h5-9,13-14,16-19,33H,10-12,24H2,1-4H3,(H,25,28)(H,26,29)(H,27,30)(H,31,32). The molecule has 4 unspecified atom stereocenters. The molecule has 0 saturated heterocycles. The Morgan fingerprint density at radius 1 is 0.909 bits per heavy atom. The predicted octanol–water partition coefficient (Wildman–Crippen LogP) is 0.727. The summed E-state index contributed by atoms with van der Waals surface area (Å²) in [6.07, 6.45) is 0.649. The van der Waals surface area contributed by atoms with Gasteiger partial charge in [-0.1, -0.05) is 58.0 Å². The number of carboxylic acid groups (broad SMARTS) is 1. The van der Waals surface area contributed by atoms with Gasteiger partial charge in [-0.3, -0.25) is 14.4 Å². The number of thiol groups is 1. The van der Waals surface area contributed by atoms with Gasteiger partial charge in [0.05, 0.1) is 6.04 Å². The summed E-state index contributed by atoms with van der Waals surface area (Å²) < 4.78 is 0. The van der Waals surface area contributed by atoms with E-state index in [4.69, 9.17) is 5.73 Å². The summed E-state index contributed by atoms with van der Waals surface area (Å²) in [6, 6.07) is 5.39. The summed E-state index contributed by atoms with van der Waals surface area (Å²) in [5.74, 6) is -3.17. The van der Waals surface area contributed by atoms with Crippen molar-refractivity contribution in [1.29, 1.82) is 0 Å². The van der Waals surface area contributed by atoms with E-state index in [0.29, 0.717) is 12.8 Å². The number of benzene rings is 1. The first-order valence-corrected chi connectivity index (χ1v) is 11.6. The van der Waals surface area contributed by atoms with Gasteiger partial charge in [-0.25, -0.2) is 4.79 Å². The third kappa shape index (κ3) is 9.83. The molecule has 0 saturated carbocycles. The minimum absolute atomic E-state index is 0.0438. The second kappa shape index (κ2) is 13.8. The van der Waals surface area contributed by atoms with Gasteiger partial charge < -0.3 is 26.8 Å². The molecule has 4 atom stereocenters. The summed E-state index contributed by atoms with van der Waals surface area (Å²) in [4.78, 5) is 49.5. The molecule has 1 aromatic rings. The van der Waals surface area contributed by atoms with Gasteiger partial charge in [0.1, 0.15) is 18.1 Å². The maximum absolute atomic E-state index is 12.9. The van der Waals surface area contributed by atoms with Crippen LogP contribution < -0.4 is 21.7 Å². The van der Waals surface area contributed by atoms with E-state index < -0.39 is 47.9 Å². The van der Waals surface area contributed by atoms with E-state index in [1.54, 1.807) is 13.8 Å². The molecule has 1 rings (SSSR count). The van der Waals surface area contributed by atoms with E-state index in [1.807, 2.05) is 44.2 Å². The largest absolute Gasteiger partial charge is 0.480 e. The van der Waals surface area contributed by atoms with Crippen LogP contribution in [0.15, 0.2) is 30.3 Å². The Morgan fingerprint density at radius 3 is 1.94 bits per heavy atom. The Hall–Kier alpha value is -2.59. The number of nitrogens with two attached hydrogens (primary N) is 1. The predicted molar refractivity (Wildman–Crippen MR) is 130 cm³/mol. The van der Waals surface area contributed by atoms with E-state index in [9.17, 15) is 24.3 Å². The van der Waals surface area contributed by atoms with Gasteiger partial charge in [0, 0.05) is 5.75 Å². The first-order chi connectivity index (χ1) is 15.5. The molecule has 0 aliphatic rings. The highest BCUT2D eigenvalue weighted by molar-refractivity contribution is 7.80. The van der Waals surface area contributed by atoms with Gasteiger partial charge in [0.2, 0.25) is 17.7 Å². The van der Waals surface area contributed by atoms with E-state index in [-0.39, 0.29) is 17.6 Å². The minimum atomic E-state index is -1.17. The van der Waals surface area contributed by atoms with E-state index in [0.717, 1.165) is 5.56 Å². The number of carbonyl (C=O) groups excluding carboxylic acids is 3. The van der Waals surface area contributed by atoms with E-state index >= 15 is 0 Å². The van der Waals surface area contributed by atoms with Crippen LogP contribution in [-0.2, 0) is 25.6 Å². The maximum atomic E-state index is 12.9. The van der Waals surface area contributed by atoms with Gasteiger partial charge in [0.15, 0.2) is 0 Å². The van der Waals surface area contributed by atoms with Crippen molar-refractivity contribution >= 4 is 36.3 Å². The smallest absolute Gasteiger partial charge is 0.326 e. The molecule has 184 valence electrons. The highest BCUT2D eigenvalue weighted by atomic mass is 32.1. The first kappa shape index (κ1) is 28.4. The zero-order valence-corrected chi connectivity index (χ0v) is 20.5. The van der Waals surface area contributed by atoms with E-state index in [1.165, 1.54) is 0 Å². The molecular weight excluding hydrogens is 444 g/mol. The van der Waals surface area contributed by atoms with Crippen LogP contribution in [0.2, 0.25) is 0 Å². The molecule has 0 bridgehead atoms. The summed E-state index contributed by atoms with van der Waals surface area (Å²) in [6.45, 7) is 7.14. The summed E-state index contributed by atoms with van der Waals surface area (Å²) in [5, 5.41) is 17.0. The highest BCUT2D eigenvalue weighted by Crippen LogP contribution is 2.08. The maximum Gasteiger partial charge on any atom is 0.326 e. The molecule has 33 heavy (non-hydrogen) atoms. The molecule has 6 N–H and O–H groups in total. The third-order valence-electron chi connectivity index (χ3n) is 5.02. The Kier molecular flexibility index (Phi) is 11.9. The van der Waals surface area contributed by atoms with Crippen molar-refractivity contribution in [2.75, 3.05) is 5.75 Å². The van der Waals surface area contributed by atoms with Crippen molar-refractivity contribution in [2.45, 2.75) is 64.7 Å². The quantitative estimate of drug-likeness (QED) is 0.229. The SMILES string of the molecule is CC(C)CC(NC(=O)C(N)Cc1ccccc1)C(=O)NC(CS)C(=O)NC(C(=O)O)C(C)C. The normalized spacial score (nSPS) is 14.8. The van der Waals surface area contributed by atoms with Crippen LogP contribution in [0.4, 0.5) is 0 Å². The van der Waals surface area contributed by atoms with Crippen molar-refractivity contribution in [3.63, 3.8) is 0 Å². The number of rotatable bonds is 13. The number of hydrogen-bond acceptors (Lipinski definition) is 6. The van der Waals surface area contributed by atoms with Crippen molar-refractivity contribution in [3.05, 3.63) is 35.9 Å². The molecule has 0 heterocycles. The van der Waals surface area contributed by atoms with Crippen molar-refractivity contribution < 1.29 is 24.3 Å². The molecule has 10 heteroatoms. The van der Waals surface area contributed by atoms with Crippen molar-refractivity contribution in [3.8, 4) is 0 Å². The Balaban J connectivity index is 2.84. The lowest BCUT2D eigenvalue weighted by molar-refractivity contribution is -0.143. The topological polar surface area (TPSA) is 151 Å². The second-order valence-corrected chi connectivity index (χ2v) is 9.16. The number of nitrogens with one attached hydrogen (secondary N) is 3. The van der Waals surface area contributed by atoms with Crippen LogP contribution in [-0.4, -0.2) is 58.7 Å². The molecule has 1 aromatic carbocycles. The molecule has 0 aliphatic carbocycles. The van der Waals surface area contributed by atoms with Crippen molar-refractivity contribution in [2.24, 2.45) is 17.6 Å². The molecule has 0 aliphatic heterocycles. The van der Waals surface area contributed by atoms with Crippen LogP contribution >= 0.6 is 12.6 Å².